The molecule has 6 heteroatoms. The molecule has 0 saturated heterocycles. The van der Waals surface area contributed by atoms with Gasteiger partial charge in [0.25, 0.3) is 0 Å². The third kappa shape index (κ3) is 2.35. The molecule has 0 fully saturated rings. The lowest BCUT2D eigenvalue weighted by Crippen LogP contribution is -2.66. The fourth-order valence-electron chi connectivity index (χ4n) is 2.15. The second-order valence-electron chi connectivity index (χ2n) is 5.24. The van der Waals surface area contributed by atoms with E-state index in [0.29, 0.717) is 6.54 Å². The van der Waals surface area contributed by atoms with Crippen molar-refractivity contribution in [1.82, 2.24) is 0 Å². The summed E-state index contributed by atoms with van der Waals surface area (Å²) in [5.41, 5.74) is -1.53. The maximum atomic E-state index is 11.7. The number of furan rings is 1. The van der Waals surface area contributed by atoms with Crippen molar-refractivity contribution in [2.45, 2.75) is 25.3 Å². The van der Waals surface area contributed by atoms with Crippen molar-refractivity contribution in [2.24, 2.45) is 0 Å². The Balaban J connectivity index is 3.46. The molecule has 0 radical (unpaired) electrons. The van der Waals surface area contributed by atoms with E-state index in [-0.39, 0.29) is 10.2 Å². The van der Waals surface area contributed by atoms with Gasteiger partial charge in [-0.2, -0.15) is 0 Å². The van der Waals surface area contributed by atoms with Gasteiger partial charge < -0.3 is 19.1 Å². The van der Waals surface area contributed by atoms with Crippen LogP contribution in [0, 0.1) is 0 Å². The van der Waals surface area contributed by atoms with Gasteiger partial charge in [0.05, 0.1) is 26.9 Å². The third-order valence-corrected chi connectivity index (χ3v) is 4.12. The van der Waals surface area contributed by atoms with Crippen LogP contribution in [-0.2, 0) is 9.59 Å². The molecule has 0 bridgehead atoms. The topological polar surface area (TPSA) is 87.7 Å². The number of carboxylic acid groups (broad SMARTS) is 2. The molecule has 0 saturated carbocycles. The average molecular weight is 270 g/mol. The number of quaternary nitrogens is 1. The highest BCUT2D eigenvalue weighted by molar-refractivity contribution is 5.88. The Kier molecular flexibility index (Phi) is 4.05. The van der Waals surface area contributed by atoms with Gasteiger partial charge in [-0.25, -0.2) is 4.79 Å². The Hall–Kier alpha value is -1.82. The highest BCUT2D eigenvalue weighted by atomic mass is 16.4. The normalized spacial score (nSPS) is 16.6. The summed E-state index contributed by atoms with van der Waals surface area (Å²) in [6.45, 7) is 3.75. The molecule has 0 aliphatic rings. The highest BCUT2D eigenvalue weighted by Gasteiger charge is 2.58. The van der Waals surface area contributed by atoms with Crippen LogP contribution in [-0.4, -0.2) is 52.8 Å². The minimum Gasteiger partial charge on any atom is -0.480 e. The van der Waals surface area contributed by atoms with Crippen molar-refractivity contribution < 1.29 is 28.7 Å². The van der Waals surface area contributed by atoms with Crippen molar-refractivity contribution in [3.8, 4) is 0 Å². The zero-order valence-electron chi connectivity index (χ0n) is 11.6. The van der Waals surface area contributed by atoms with E-state index in [1.807, 2.05) is 6.92 Å². The Morgan fingerprint density at radius 3 is 2.32 bits per heavy atom. The van der Waals surface area contributed by atoms with E-state index in [0.717, 1.165) is 0 Å². The first-order valence-electron chi connectivity index (χ1n) is 6.01. The predicted octanol–water partition coefficient (Wildman–Crippen LogP) is 1.39. The van der Waals surface area contributed by atoms with Gasteiger partial charge in [0, 0.05) is 6.92 Å². The largest absolute Gasteiger partial charge is 0.480 e. The van der Waals surface area contributed by atoms with Crippen LogP contribution in [0.15, 0.2) is 22.8 Å². The molecule has 6 nitrogen and oxygen atoms in total. The van der Waals surface area contributed by atoms with Gasteiger partial charge in [-0.3, -0.25) is 4.79 Å². The van der Waals surface area contributed by atoms with Crippen LogP contribution in [0.1, 0.15) is 25.5 Å². The molecule has 0 aromatic carbocycles. The van der Waals surface area contributed by atoms with Crippen LogP contribution in [0.4, 0.5) is 0 Å². The molecule has 0 spiro atoms. The predicted molar refractivity (Wildman–Crippen MR) is 67.8 cm³/mol. The summed E-state index contributed by atoms with van der Waals surface area (Å²) in [7, 11) is 3.40. The summed E-state index contributed by atoms with van der Waals surface area (Å²) >= 11 is 0. The fraction of sp³-hybridized carbons (Fsp3) is 0.538. The number of rotatable bonds is 6. The summed E-state index contributed by atoms with van der Waals surface area (Å²) in [4.78, 5) is 23.3. The molecule has 1 rings (SSSR count). The summed E-state index contributed by atoms with van der Waals surface area (Å²) < 4.78 is 5.17. The second-order valence-corrected chi connectivity index (χ2v) is 5.24. The lowest BCUT2D eigenvalue weighted by Gasteiger charge is -2.45. The molecule has 0 aliphatic carbocycles. The summed E-state index contributed by atoms with van der Waals surface area (Å²) in [5.74, 6) is -3.48. The molecule has 106 valence electrons. The van der Waals surface area contributed by atoms with Crippen molar-refractivity contribution in [2.75, 3.05) is 20.6 Å². The Morgan fingerprint density at radius 2 is 2.00 bits per heavy atom. The Labute approximate surface area is 111 Å². The molecule has 1 aromatic heterocycles. The van der Waals surface area contributed by atoms with Crippen LogP contribution >= 0.6 is 0 Å². The number of aliphatic carboxylic acids is 2. The van der Waals surface area contributed by atoms with Crippen LogP contribution in [0.5, 0.6) is 0 Å². The second kappa shape index (κ2) is 5.05. The molecule has 2 atom stereocenters. The molecular weight excluding hydrogens is 250 g/mol. The van der Waals surface area contributed by atoms with E-state index in [2.05, 4.69) is 0 Å². The molecule has 0 aliphatic heterocycles. The van der Waals surface area contributed by atoms with Crippen LogP contribution in [0.3, 0.4) is 0 Å². The smallest absolute Gasteiger partial charge is 0.366 e. The minimum atomic E-state index is -1.53. The zero-order chi connectivity index (χ0) is 14.8. The molecule has 2 unspecified atom stereocenters. The quantitative estimate of drug-likeness (QED) is 0.763. The third-order valence-electron chi connectivity index (χ3n) is 4.12. The minimum absolute atomic E-state index is 0.0278. The monoisotopic (exact) mass is 270 g/mol. The van der Waals surface area contributed by atoms with Gasteiger partial charge >= 0.3 is 11.9 Å². The van der Waals surface area contributed by atoms with Crippen molar-refractivity contribution >= 4 is 11.9 Å². The van der Waals surface area contributed by atoms with Gasteiger partial charge in [0.15, 0.2) is 5.92 Å². The summed E-state index contributed by atoms with van der Waals surface area (Å²) in [6.07, 6.45) is 1.35. The number of hydrogen-bond donors (Lipinski definition) is 2. The van der Waals surface area contributed by atoms with E-state index in [4.69, 9.17) is 4.42 Å². The number of likely N-dealkylation sites (N-methyl/N-ethyl adjacent to an activating group) is 1. The van der Waals surface area contributed by atoms with E-state index in [9.17, 15) is 19.8 Å². The van der Waals surface area contributed by atoms with E-state index in [1.165, 1.54) is 19.3 Å². The number of nitrogens with zero attached hydrogens (tertiary/aromatic N) is 1. The molecule has 1 heterocycles. The molecule has 0 amide bonds. The maximum Gasteiger partial charge on any atom is 0.366 e. The fourth-order valence-corrected chi connectivity index (χ4v) is 2.15. The lowest BCUT2D eigenvalue weighted by atomic mass is 9.80. The first-order chi connectivity index (χ1) is 8.68. The highest BCUT2D eigenvalue weighted by Crippen LogP contribution is 2.37. The first kappa shape index (κ1) is 15.2. The van der Waals surface area contributed by atoms with Crippen molar-refractivity contribution in [3.63, 3.8) is 0 Å². The van der Waals surface area contributed by atoms with Crippen LogP contribution in [0.2, 0.25) is 0 Å². The van der Waals surface area contributed by atoms with Gasteiger partial charge in [0.1, 0.15) is 5.76 Å². The molecule has 1 aromatic rings. The SMILES string of the molecule is CC[N+](C)(C)C(C)(C(=O)O)C(C(=O)O)c1ccco1. The van der Waals surface area contributed by atoms with Crippen LogP contribution < -0.4 is 0 Å². The Bertz CT molecular complexity index is 465. The number of carboxylic acids is 2. The standard InChI is InChI=1S/C13H19NO5/c1-5-14(3,4)13(2,12(17)18)10(11(15)16)9-7-6-8-19-9/h6-8,10H,5H2,1-4H3,(H-,15,16,17,18)/p+1. The molecule has 2 N–H and O–H groups in total. The van der Waals surface area contributed by atoms with Gasteiger partial charge in [-0.05, 0) is 19.1 Å². The summed E-state index contributed by atoms with van der Waals surface area (Å²) in [5, 5.41) is 19.1. The Morgan fingerprint density at radius 1 is 1.42 bits per heavy atom. The van der Waals surface area contributed by atoms with Gasteiger partial charge in [-0.1, -0.05) is 0 Å². The van der Waals surface area contributed by atoms with Crippen molar-refractivity contribution in [3.05, 3.63) is 24.2 Å². The van der Waals surface area contributed by atoms with Crippen LogP contribution in [0.25, 0.3) is 0 Å². The average Bonchev–Trinajstić information content (AvgIpc) is 2.81. The van der Waals surface area contributed by atoms with E-state index < -0.39 is 23.4 Å². The number of carbonyl (C=O) groups is 2. The van der Waals surface area contributed by atoms with E-state index >= 15 is 0 Å². The van der Waals surface area contributed by atoms with Crippen molar-refractivity contribution in [1.29, 1.82) is 0 Å². The first-order valence-corrected chi connectivity index (χ1v) is 6.01. The maximum absolute atomic E-state index is 11.7. The zero-order valence-corrected chi connectivity index (χ0v) is 11.6. The van der Waals surface area contributed by atoms with E-state index in [1.54, 1.807) is 20.2 Å². The number of hydrogen-bond acceptors (Lipinski definition) is 3. The lowest BCUT2D eigenvalue weighted by molar-refractivity contribution is -0.929. The molecule has 19 heavy (non-hydrogen) atoms. The van der Waals surface area contributed by atoms with Gasteiger partial charge in [0.2, 0.25) is 5.54 Å². The van der Waals surface area contributed by atoms with Gasteiger partial charge in [-0.15, -0.1) is 0 Å². The molecular formula is C13H20NO5+. The summed E-state index contributed by atoms with van der Waals surface area (Å²) in [6, 6.07) is 3.05.